The largest absolute Gasteiger partial charge is 0.493 e. The first-order chi connectivity index (χ1) is 12.0. The minimum absolute atomic E-state index is 0.183. The molecule has 0 aliphatic carbocycles. The number of anilines is 1. The summed E-state index contributed by atoms with van der Waals surface area (Å²) in [6.07, 6.45) is 0. The minimum Gasteiger partial charge on any atom is -0.493 e. The standard InChI is InChI=1S/C18H19ClN2O4/c1-11-8-15(24-2)16(25-3)9-14(11)21-17(22)10-20-18(23)12-6-4-5-7-13(12)19/h4-9H,10H2,1-3H3,(H,20,23)(H,21,22). The average Bonchev–Trinajstić information content (AvgIpc) is 2.61. The van der Waals surface area contributed by atoms with Gasteiger partial charge in [0.15, 0.2) is 11.5 Å². The molecule has 2 N–H and O–H groups in total. The molecule has 0 bridgehead atoms. The van der Waals surface area contributed by atoms with Crippen molar-refractivity contribution in [1.82, 2.24) is 5.32 Å². The van der Waals surface area contributed by atoms with Gasteiger partial charge in [0, 0.05) is 11.8 Å². The van der Waals surface area contributed by atoms with Crippen LogP contribution in [0.15, 0.2) is 36.4 Å². The first-order valence-corrected chi connectivity index (χ1v) is 7.89. The molecule has 2 amide bonds. The van der Waals surface area contributed by atoms with E-state index in [-0.39, 0.29) is 12.5 Å². The second kappa shape index (κ2) is 8.39. The predicted molar refractivity (Wildman–Crippen MR) is 96.7 cm³/mol. The molecule has 2 aromatic rings. The van der Waals surface area contributed by atoms with E-state index in [1.54, 1.807) is 43.5 Å². The number of nitrogens with one attached hydrogen (secondary N) is 2. The molecular weight excluding hydrogens is 344 g/mol. The van der Waals surface area contributed by atoms with Crippen molar-refractivity contribution in [3.63, 3.8) is 0 Å². The van der Waals surface area contributed by atoms with Gasteiger partial charge in [-0.05, 0) is 30.7 Å². The van der Waals surface area contributed by atoms with Crippen molar-refractivity contribution < 1.29 is 19.1 Å². The fraction of sp³-hybridized carbons (Fsp3) is 0.222. The SMILES string of the molecule is COc1cc(C)c(NC(=O)CNC(=O)c2ccccc2Cl)cc1OC. The Morgan fingerprint density at radius 2 is 1.72 bits per heavy atom. The zero-order valence-corrected chi connectivity index (χ0v) is 14.9. The van der Waals surface area contributed by atoms with Crippen molar-refractivity contribution in [2.75, 3.05) is 26.1 Å². The molecule has 7 heteroatoms. The van der Waals surface area contributed by atoms with E-state index in [0.717, 1.165) is 5.56 Å². The highest BCUT2D eigenvalue weighted by molar-refractivity contribution is 6.33. The molecule has 0 unspecified atom stereocenters. The molecule has 0 saturated carbocycles. The summed E-state index contributed by atoms with van der Waals surface area (Å²) in [7, 11) is 3.06. The van der Waals surface area contributed by atoms with Gasteiger partial charge in [-0.25, -0.2) is 0 Å². The van der Waals surface area contributed by atoms with Gasteiger partial charge < -0.3 is 20.1 Å². The molecule has 0 aromatic heterocycles. The van der Waals surface area contributed by atoms with Gasteiger partial charge >= 0.3 is 0 Å². The molecule has 0 aliphatic heterocycles. The smallest absolute Gasteiger partial charge is 0.253 e. The number of benzene rings is 2. The van der Waals surface area contributed by atoms with Gasteiger partial charge in [-0.3, -0.25) is 9.59 Å². The van der Waals surface area contributed by atoms with Crippen LogP contribution >= 0.6 is 11.6 Å². The Morgan fingerprint density at radius 1 is 1.08 bits per heavy atom. The number of amides is 2. The average molecular weight is 363 g/mol. The van der Waals surface area contributed by atoms with Gasteiger partial charge in [-0.15, -0.1) is 0 Å². The molecule has 0 spiro atoms. The zero-order chi connectivity index (χ0) is 18.4. The number of ether oxygens (including phenoxy) is 2. The molecule has 0 radical (unpaired) electrons. The highest BCUT2D eigenvalue weighted by Gasteiger charge is 2.13. The molecule has 0 fully saturated rings. The van der Waals surface area contributed by atoms with Gasteiger partial charge in [-0.1, -0.05) is 23.7 Å². The van der Waals surface area contributed by atoms with Crippen molar-refractivity contribution >= 4 is 29.1 Å². The lowest BCUT2D eigenvalue weighted by Gasteiger charge is -2.14. The number of carbonyl (C=O) groups is 2. The van der Waals surface area contributed by atoms with E-state index < -0.39 is 5.91 Å². The van der Waals surface area contributed by atoms with Crippen LogP contribution < -0.4 is 20.1 Å². The van der Waals surface area contributed by atoms with Crippen LogP contribution in [-0.4, -0.2) is 32.6 Å². The van der Waals surface area contributed by atoms with E-state index in [4.69, 9.17) is 21.1 Å². The van der Waals surface area contributed by atoms with E-state index in [2.05, 4.69) is 10.6 Å². The Bertz CT molecular complexity index is 793. The second-order valence-corrected chi connectivity index (χ2v) is 5.64. The number of hydrogen-bond acceptors (Lipinski definition) is 4. The Morgan fingerprint density at radius 3 is 2.36 bits per heavy atom. The summed E-state index contributed by atoms with van der Waals surface area (Å²) >= 11 is 5.96. The normalized spacial score (nSPS) is 10.1. The fourth-order valence-corrected chi connectivity index (χ4v) is 2.43. The molecule has 25 heavy (non-hydrogen) atoms. The summed E-state index contributed by atoms with van der Waals surface area (Å²) in [5.41, 5.74) is 1.71. The second-order valence-electron chi connectivity index (χ2n) is 5.23. The van der Waals surface area contributed by atoms with E-state index in [1.165, 1.54) is 7.11 Å². The van der Waals surface area contributed by atoms with Crippen molar-refractivity contribution in [3.05, 3.63) is 52.5 Å². The Labute approximate surface area is 151 Å². The molecule has 0 aliphatic rings. The number of methoxy groups -OCH3 is 2. The molecule has 0 saturated heterocycles. The Kier molecular flexibility index (Phi) is 6.25. The summed E-state index contributed by atoms with van der Waals surface area (Å²) in [4.78, 5) is 24.2. The number of halogens is 1. The molecule has 2 aromatic carbocycles. The fourth-order valence-electron chi connectivity index (χ4n) is 2.21. The van der Waals surface area contributed by atoms with Crippen LogP contribution in [0.3, 0.4) is 0 Å². The van der Waals surface area contributed by atoms with E-state index >= 15 is 0 Å². The van der Waals surface area contributed by atoms with Crippen LogP contribution in [0, 0.1) is 6.92 Å². The quantitative estimate of drug-likeness (QED) is 0.828. The minimum atomic E-state index is -0.412. The Balaban J connectivity index is 2.01. The highest BCUT2D eigenvalue weighted by Crippen LogP contribution is 2.32. The van der Waals surface area contributed by atoms with Gasteiger partial charge in [0.05, 0.1) is 31.4 Å². The lowest BCUT2D eigenvalue weighted by atomic mass is 10.1. The topological polar surface area (TPSA) is 76.7 Å². The summed E-state index contributed by atoms with van der Waals surface area (Å²) in [5.74, 6) is 0.300. The van der Waals surface area contributed by atoms with Gasteiger partial charge in [0.2, 0.25) is 5.91 Å². The molecule has 0 atom stereocenters. The zero-order valence-electron chi connectivity index (χ0n) is 14.2. The lowest BCUT2D eigenvalue weighted by molar-refractivity contribution is -0.115. The maximum Gasteiger partial charge on any atom is 0.253 e. The number of rotatable bonds is 6. The van der Waals surface area contributed by atoms with Crippen molar-refractivity contribution in [3.8, 4) is 11.5 Å². The van der Waals surface area contributed by atoms with Crippen LogP contribution in [0.25, 0.3) is 0 Å². The summed E-state index contributed by atoms with van der Waals surface area (Å²) in [5, 5.41) is 5.60. The van der Waals surface area contributed by atoms with Crippen molar-refractivity contribution in [2.45, 2.75) is 6.92 Å². The van der Waals surface area contributed by atoms with Gasteiger partial charge in [0.25, 0.3) is 5.91 Å². The molecular formula is C18H19ClN2O4. The molecule has 6 nitrogen and oxygen atoms in total. The van der Waals surface area contributed by atoms with Crippen molar-refractivity contribution in [1.29, 1.82) is 0 Å². The van der Waals surface area contributed by atoms with Crippen LogP contribution in [0.2, 0.25) is 5.02 Å². The van der Waals surface area contributed by atoms with E-state index in [9.17, 15) is 9.59 Å². The third-order valence-corrected chi connectivity index (χ3v) is 3.86. The predicted octanol–water partition coefficient (Wildman–Crippen LogP) is 3.03. The number of carbonyl (C=O) groups excluding carboxylic acids is 2. The monoisotopic (exact) mass is 362 g/mol. The number of aryl methyl sites for hydroxylation is 1. The summed E-state index contributed by atoms with van der Waals surface area (Å²) in [6, 6.07) is 10.1. The molecule has 0 heterocycles. The third-order valence-electron chi connectivity index (χ3n) is 3.53. The van der Waals surface area contributed by atoms with Crippen LogP contribution in [0.4, 0.5) is 5.69 Å². The van der Waals surface area contributed by atoms with E-state index in [0.29, 0.717) is 27.8 Å². The third kappa shape index (κ3) is 4.64. The van der Waals surface area contributed by atoms with E-state index in [1.807, 2.05) is 6.92 Å². The van der Waals surface area contributed by atoms with Crippen LogP contribution in [0.5, 0.6) is 11.5 Å². The molecule has 132 valence electrons. The summed E-state index contributed by atoms with van der Waals surface area (Å²) < 4.78 is 10.4. The molecule has 2 rings (SSSR count). The maximum atomic E-state index is 12.1. The van der Waals surface area contributed by atoms with Crippen LogP contribution in [-0.2, 0) is 4.79 Å². The highest BCUT2D eigenvalue weighted by atomic mass is 35.5. The number of hydrogen-bond donors (Lipinski definition) is 2. The summed E-state index contributed by atoms with van der Waals surface area (Å²) in [6.45, 7) is 1.65. The van der Waals surface area contributed by atoms with Crippen LogP contribution in [0.1, 0.15) is 15.9 Å². The Hall–Kier alpha value is -2.73. The first-order valence-electron chi connectivity index (χ1n) is 7.51. The van der Waals surface area contributed by atoms with Gasteiger partial charge in [0.1, 0.15) is 0 Å². The first kappa shape index (κ1) is 18.6. The van der Waals surface area contributed by atoms with Crippen molar-refractivity contribution in [2.24, 2.45) is 0 Å². The maximum absolute atomic E-state index is 12.1. The lowest BCUT2D eigenvalue weighted by Crippen LogP contribution is -2.33. The van der Waals surface area contributed by atoms with Gasteiger partial charge in [-0.2, -0.15) is 0 Å².